The van der Waals surface area contributed by atoms with Crippen LogP contribution in [-0.4, -0.2) is 67.5 Å². The quantitative estimate of drug-likeness (QED) is 0.406. The van der Waals surface area contributed by atoms with Gasteiger partial charge in [0.2, 0.25) is 0 Å². The van der Waals surface area contributed by atoms with Crippen LogP contribution in [0.25, 0.3) is 0 Å². The Hall–Kier alpha value is -2.38. The maximum Gasteiger partial charge on any atom is 0.193 e. The van der Waals surface area contributed by atoms with Crippen LogP contribution in [-0.2, 0) is 22.6 Å². The Morgan fingerprint density at radius 3 is 3.00 bits per heavy atom. The molecule has 152 valence electrons. The third kappa shape index (κ3) is 6.07. The summed E-state index contributed by atoms with van der Waals surface area (Å²) < 4.78 is 12.8. The maximum atomic E-state index is 5.69. The van der Waals surface area contributed by atoms with Crippen molar-refractivity contribution in [1.29, 1.82) is 0 Å². The van der Waals surface area contributed by atoms with E-state index in [1.54, 1.807) is 13.3 Å². The molecule has 2 heterocycles. The highest BCUT2D eigenvalue weighted by atomic mass is 16.5. The number of guanidine groups is 1. The molecule has 1 saturated heterocycles. The molecule has 7 nitrogen and oxygen atoms in total. The highest BCUT2D eigenvalue weighted by Gasteiger charge is 2.24. The van der Waals surface area contributed by atoms with E-state index in [4.69, 9.17) is 9.47 Å². The second-order valence-electron chi connectivity index (χ2n) is 7.12. The number of benzene rings is 1. The molecule has 1 unspecified atom stereocenters. The molecule has 1 atom stereocenters. The van der Waals surface area contributed by atoms with Gasteiger partial charge >= 0.3 is 0 Å². The van der Waals surface area contributed by atoms with Gasteiger partial charge in [-0.05, 0) is 17.5 Å². The number of nitrogens with zero attached hydrogens (tertiary/aromatic N) is 4. The summed E-state index contributed by atoms with van der Waals surface area (Å²) in [7, 11) is 3.55. The molecular weight excluding hydrogens is 354 g/mol. The Balaban J connectivity index is 1.47. The van der Waals surface area contributed by atoms with Crippen LogP contribution in [0.1, 0.15) is 17.5 Å². The van der Waals surface area contributed by atoms with Crippen molar-refractivity contribution in [2.75, 3.05) is 47.1 Å². The Morgan fingerprint density at radius 2 is 2.21 bits per heavy atom. The van der Waals surface area contributed by atoms with Gasteiger partial charge in [-0.2, -0.15) is 0 Å². The zero-order valence-electron chi connectivity index (χ0n) is 16.9. The molecule has 0 amide bonds. The van der Waals surface area contributed by atoms with E-state index >= 15 is 0 Å². The maximum absolute atomic E-state index is 5.69. The lowest BCUT2D eigenvalue weighted by Gasteiger charge is -2.22. The lowest BCUT2D eigenvalue weighted by atomic mass is 10.1. The lowest BCUT2D eigenvalue weighted by molar-refractivity contribution is 0.0536. The number of rotatable bonds is 9. The SMILES string of the molecule is CN=C(NCc1cccc(Cn2ccnc2)c1)N1CCC(COCCOC)C1. The molecule has 2 aromatic rings. The number of imidazole rings is 1. The van der Waals surface area contributed by atoms with Crippen molar-refractivity contribution in [3.8, 4) is 0 Å². The van der Waals surface area contributed by atoms with Crippen molar-refractivity contribution in [2.45, 2.75) is 19.5 Å². The fourth-order valence-electron chi connectivity index (χ4n) is 3.50. The molecule has 1 N–H and O–H groups in total. The van der Waals surface area contributed by atoms with Gasteiger partial charge in [-0.15, -0.1) is 0 Å². The third-order valence-corrected chi connectivity index (χ3v) is 4.95. The molecule has 0 radical (unpaired) electrons. The van der Waals surface area contributed by atoms with Crippen LogP contribution in [0.4, 0.5) is 0 Å². The van der Waals surface area contributed by atoms with Gasteiger partial charge in [-0.25, -0.2) is 4.98 Å². The van der Waals surface area contributed by atoms with Crippen LogP contribution in [0.15, 0.2) is 48.0 Å². The van der Waals surface area contributed by atoms with Gasteiger partial charge in [0.25, 0.3) is 0 Å². The number of aliphatic imine (C=N–C) groups is 1. The second-order valence-corrected chi connectivity index (χ2v) is 7.12. The molecule has 0 aliphatic carbocycles. The van der Waals surface area contributed by atoms with Crippen LogP contribution < -0.4 is 5.32 Å². The van der Waals surface area contributed by atoms with Crippen molar-refractivity contribution in [3.05, 3.63) is 54.1 Å². The molecule has 1 fully saturated rings. The molecule has 1 aliphatic heterocycles. The highest BCUT2D eigenvalue weighted by Crippen LogP contribution is 2.17. The number of hydrogen-bond donors (Lipinski definition) is 1. The summed E-state index contributed by atoms with van der Waals surface area (Å²) in [4.78, 5) is 10.9. The van der Waals surface area contributed by atoms with Crippen molar-refractivity contribution in [2.24, 2.45) is 10.9 Å². The normalized spacial score (nSPS) is 17.3. The van der Waals surface area contributed by atoms with E-state index in [0.29, 0.717) is 19.1 Å². The van der Waals surface area contributed by atoms with E-state index in [0.717, 1.165) is 45.2 Å². The van der Waals surface area contributed by atoms with Crippen molar-refractivity contribution in [3.63, 3.8) is 0 Å². The number of likely N-dealkylation sites (tertiary alicyclic amines) is 1. The van der Waals surface area contributed by atoms with Gasteiger partial charge in [-0.1, -0.05) is 24.3 Å². The number of ether oxygens (including phenoxy) is 2. The van der Waals surface area contributed by atoms with Crippen LogP contribution in [0.2, 0.25) is 0 Å². The number of aromatic nitrogens is 2. The van der Waals surface area contributed by atoms with Crippen LogP contribution in [0.3, 0.4) is 0 Å². The van der Waals surface area contributed by atoms with E-state index in [-0.39, 0.29) is 0 Å². The summed E-state index contributed by atoms with van der Waals surface area (Å²) >= 11 is 0. The van der Waals surface area contributed by atoms with E-state index < -0.39 is 0 Å². The first-order valence-electron chi connectivity index (χ1n) is 9.84. The fraction of sp³-hybridized carbons (Fsp3) is 0.524. The summed E-state index contributed by atoms with van der Waals surface area (Å²) in [6.07, 6.45) is 6.76. The molecule has 0 saturated carbocycles. The summed E-state index contributed by atoms with van der Waals surface area (Å²) in [5, 5.41) is 3.51. The molecule has 28 heavy (non-hydrogen) atoms. The van der Waals surface area contributed by atoms with Gasteiger partial charge in [-0.3, -0.25) is 4.99 Å². The van der Waals surface area contributed by atoms with E-state index in [1.165, 1.54) is 11.1 Å². The molecule has 0 bridgehead atoms. The predicted octanol–water partition coefficient (Wildman–Crippen LogP) is 1.99. The average Bonchev–Trinajstić information content (AvgIpc) is 3.39. The smallest absolute Gasteiger partial charge is 0.193 e. The van der Waals surface area contributed by atoms with E-state index in [1.807, 2.05) is 19.6 Å². The van der Waals surface area contributed by atoms with Crippen LogP contribution in [0.5, 0.6) is 0 Å². The number of methoxy groups -OCH3 is 1. The zero-order valence-corrected chi connectivity index (χ0v) is 16.9. The van der Waals surface area contributed by atoms with Gasteiger partial charge in [0.1, 0.15) is 0 Å². The Kier molecular flexibility index (Phi) is 7.87. The largest absolute Gasteiger partial charge is 0.382 e. The van der Waals surface area contributed by atoms with Crippen molar-refractivity contribution >= 4 is 5.96 Å². The Morgan fingerprint density at radius 1 is 1.32 bits per heavy atom. The molecule has 0 spiro atoms. The van der Waals surface area contributed by atoms with Crippen molar-refractivity contribution < 1.29 is 9.47 Å². The molecule has 1 aliphatic rings. The van der Waals surface area contributed by atoms with Crippen LogP contribution in [0, 0.1) is 5.92 Å². The molecular formula is C21H31N5O2. The third-order valence-electron chi connectivity index (χ3n) is 4.95. The van der Waals surface area contributed by atoms with Gasteiger partial charge < -0.3 is 24.3 Å². The zero-order chi connectivity index (χ0) is 19.6. The summed E-state index contributed by atoms with van der Waals surface area (Å²) in [6, 6.07) is 8.63. The summed E-state index contributed by atoms with van der Waals surface area (Å²) in [6.45, 7) is 5.68. The van der Waals surface area contributed by atoms with Gasteiger partial charge in [0.05, 0.1) is 26.1 Å². The first-order valence-corrected chi connectivity index (χ1v) is 9.84. The molecule has 1 aromatic carbocycles. The standard InChI is InChI=1S/C21H31N5O2/c1-22-21(26-8-6-20(15-26)16-28-11-10-27-2)24-13-18-4-3-5-19(12-18)14-25-9-7-23-17-25/h3-5,7,9,12,17,20H,6,8,10-11,13-16H2,1-2H3,(H,22,24). The Labute approximate surface area is 167 Å². The first kappa shape index (κ1) is 20.4. The van der Waals surface area contributed by atoms with Gasteiger partial charge in [0.15, 0.2) is 5.96 Å². The summed E-state index contributed by atoms with van der Waals surface area (Å²) in [5.74, 6) is 1.51. The minimum atomic E-state index is 0.550. The average molecular weight is 386 g/mol. The predicted molar refractivity (Wildman–Crippen MR) is 110 cm³/mol. The second kappa shape index (κ2) is 10.8. The minimum absolute atomic E-state index is 0.550. The number of hydrogen-bond acceptors (Lipinski definition) is 4. The Bertz CT molecular complexity index is 732. The van der Waals surface area contributed by atoms with Crippen LogP contribution >= 0.6 is 0 Å². The van der Waals surface area contributed by atoms with Crippen molar-refractivity contribution in [1.82, 2.24) is 19.8 Å². The van der Waals surface area contributed by atoms with E-state index in [2.05, 4.69) is 49.0 Å². The lowest BCUT2D eigenvalue weighted by Crippen LogP contribution is -2.39. The first-order chi connectivity index (χ1) is 13.8. The highest BCUT2D eigenvalue weighted by molar-refractivity contribution is 5.80. The minimum Gasteiger partial charge on any atom is -0.382 e. The fourth-order valence-corrected chi connectivity index (χ4v) is 3.50. The number of nitrogens with one attached hydrogen (secondary N) is 1. The van der Waals surface area contributed by atoms with Gasteiger partial charge in [0, 0.05) is 58.6 Å². The molecule has 1 aromatic heterocycles. The van der Waals surface area contributed by atoms with E-state index in [9.17, 15) is 0 Å². The topological polar surface area (TPSA) is 63.9 Å². The molecule has 3 rings (SSSR count). The monoisotopic (exact) mass is 385 g/mol. The molecule has 7 heteroatoms. The summed E-state index contributed by atoms with van der Waals surface area (Å²) in [5.41, 5.74) is 2.51.